The summed E-state index contributed by atoms with van der Waals surface area (Å²) in [5, 5.41) is 5.65. The van der Waals surface area contributed by atoms with E-state index in [9.17, 15) is 9.59 Å². The van der Waals surface area contributed by atoms with Crippen molar-refractivity contribution in [3.63, 3.8) is 0 Å². The molecule has 0 radical (unpaired) electrons. The Balaban J connectivity index is 2.65. The monoisotopic (exact) mass is 247 g/mol. The predicted molar refractivity (Wildman–Crippen MR) is 71.4 cm³/mol. The van der Waals surface area contributed by atoms with Crippen molar-refractivity contribution in [2.24, 2.45) is 5.73 Å². The number of benzene rings is 1. The Kier molecular flexibility index (Phi) is 5.07. The number of carbonyl (C=O) groups excluding carboxylic acids is 2. The minimum absolute atomic E-state index is 0.147. The normalized spacial score (nSPS) is 9.83. The van der Waals surface area contributed by atoms with Gasteiger partial charge in [0.1, 0.15) is 0 Å². The first-order valence-electron chi connectivity index (χ1n) is 5.56. The van der Waals surface area contributed by atoms with Crippen LogP contribution in [0.1, 0.15) is 15.9 Å². The molecule has 5 heteroatoms. The van der Waals surface area contributed by atoms with Gasteiger partial charge in [-0.05, 0) is 30.7 Å². The molecule has 0 aliphatic heterocycles. The Bertz CT molecular complexity index is 469. The summed E-state index contributed by atoms with van der Waals surface area (Å²) >= 11 is 0. The summed E-state index contributed by atoms with van der Waals surface area (Å²) < 4.78 is 0. The van der Waals surface area contributed by atoms with E-state index >= 15 is 0 Å². The van der Waals surface area contributed by atoms with Crippen LogP contribution in [-0.4, -0.2) is 24.9 Å². The van der Waals surface area contributed by atoms with Crippen LogP contribution >= 0.6 is 0 Å². The number of amides is 2. The van der Waals surface area contributed by atoms with Gasteiger partial charge >= 0.3 is 0 Å². The Labute approximate surface area is 106 Å². The Hall–Kier alpha value is -2.14. The summed E-state index contributed by atoms with van der Waals surface area (Å²) in [6, 6.07) is 4.90. The molecule has 5 nitrogen and oxygen atoms in total. The molecule has 0 bridgehead atoms. The maximum Gasteiger partial charge on any atom is 0.248 e. The minimum Gasteiger partial charge on any atom is -0.366 e. The van der Waals surface area contributed by atoms with Crippen molar-refractivity contribution in [3.05, 3.63) is 42.0 Å². The zero-order valence-electron chi connectivity index (χ0n) is 10.3. The molecule has 18 heavy (non-hydrogen) atoms. The SMILES string of the molecule is C=CCNCC(=O)Nc1ccc(C(N)=O)cc1C. The molecular formula is C13H17N3O2. The molecule has 1 aromatic rings. The summed E-state index contributed by atoms with van der Waals surface area (Å²) in [7, 11) is 0. The van der Waals surface area contributed by atoms with Crippen molar-refractivity contribution < 1.29 is 9.59 Å². The van der Waals surface area contributed by atoms with E-state index in [4.69, 9.17) is 5.73 Å². The standard InChI is InChI=1S/C13H17N3O2/c1-3-6-15-8-12(17)16-11-5-4-10(13(14)18)7-9(11)2/h3-5,7,15H,1,6,8H2,2H3,(H2,14,18)(H,16,17). The van der Waals surface area contributed by atoms with Crippen LogP contribution in [0.3, 0.4) is 0 Å². The summed E-state index contributed by atoms with van der Waals surface area (Å²) in [5.74, 6) is -0.629. The van der Waals surface area contributed by atoms with Crippen LogP contribution in [0.2, 0.25) is 0 Å². The predicted octanol–water partition coefficient (Wildman–Crippen LogP) is 0.808. The maximum absolute atomic E-state index is 11.6. The Morgan fingerprint density at radius 1 is 1.44 bits per heavy atom. The van der Waals surface area contributed by atoms with Crippen LogP contribution in [-0.2, 0) is 4.79 Å². The smallest absolute Gasteiger partial charge is 0.248 e. The highest BCUT2D eigenvalue weighted by Crippen LogP contribution is 2.16. The van der Waals surface area contributed by atoms with E-state index in [0.29, 0.717) is 17.8 Å². The number of nitrogens with one attached hydrogen (secondary N) is 2. The largest absolute Gasteiger partial charge is 0.366 e. The highest BCUT2D eigenvalue weighted by atomic mass is 16.2. The lowest BCUT2D eigenvalue weighted by Gasteiger charge is -2.09. The van der Waals surface area contributed by atoms with Crippen molar-refractivity contribution in [1.82, 2.24) is 5.32 Å². The zero-order valence-corrected chi connectivity index (χ0v) is 10.3. The number of aryl methyl sites for hydroxylation is 1. The molecule has 1 rings (SSSR count). The average Bonchev–Trinajstić information content (AvgIpc) is 2.32. The zero-order chi connectivity index (χ0) is 13.5. The molecule has 4 N–H and O–H groups in total. The second-order valence-electron chi connectivity index (χ2n) is 3.86. The van der Waals surface area contributed by atoms with Gasteiger partial charge in [0.05, 0.1) is 6.54 Å². The highest BCUT2D eigenvalue weighted by molar-refractivity contribution is 5.96. The summed E-state index contributed by atoms with van der Waals surface area (Å²) in [5.41, 5.74) is 7.06. The molecular weight excluding hydrogens is 230 g/mol. The van der Waals surface area contributed by atoms with Crippen molar-refractivity contribution >= 4 is 17.5 Å². The van der Waals surface area contributed by atoms with Crippen molar-refractivity contribution in [2.45, 2.75) is 6.92 Å². The van der Waals surface area contributed by atoms with E-state index in [1.54, 1.807) is 31.2 Å². The summed E-state index contributed by atoms with van der Waals surface area (Å²) in [4.78, 5) is 22.5. The Morgan fingerprint density at radius 3 is 2.72 bits per heavy atom. The molecule has 0 saturated heterocycles. The molecule has 0 aliphatic rings. The van der Waals surface area contributed by atoms with Gasteiger partial charge in [-0.25, -0.2) is 0 Å². The first-order valence-corrected chi connectivity index (χ1v) is 5.56. The fourth-order valence-corrected chi connectivity index (χ4v) is 1.44. The van der Waals surface area contributed by atoms with Gasteiger partial charge in [-0.1, -0.05) is 6.08 Å². The third-order valence-electron chi connectivity index (χ3n) is 2.36. The van der Waals surface area contributed by atoms with Crippen molar-refractivity contribution in [3.8, 4) is 0 Å². The van der Waals surface area contributed by atoms with Gasteiger partial charge in [0.25, 0.3) is 0 Å². The van der Waals surface area contributed by atoms with Gasteiger partial charge in [0.15, 0.2) is 0 Å². The van der Waals surface area contributed by atoms with E-state index in [1.165, 1.54) is 0 Å². The number of hydrogen-bond donors (Lipinski definition) is 3. The third kappa shape index (κ3) is 4.03. The second kappa shape index (κ2) is 6.56. The first-order chi connectivity index (χ1) is 8.54. The van der Waals surface area contributed by atoms with E-state index in [2.05, 4.69) is 17.2 Å². The second-order valence-corrected chi connectivity index (χ2v) is 3.86. The fourth-order valence-electron chi connectivity index (χ4n) is 1.44. The van der Waals surface area contributed by atoms with Gasteiger partial charge < -0.3 is 16.4 Å². The summed E-state index contributed by atoms with van der Waals surface area (Å²) in [6.45, 7) is 6.14. The molecule has 0 fully saturated rings. The molecule has 0 unspecified atom stereocenters. The van der Waals surface area contributed by atoms with Crippen LogP contribution in [0.25, 0.3) is 0 Å². The average molecular weight is 247 g/mol. The molecule has 0 atom stereocenters. The molecule has 0 saturated carbocycles. The molecule has 96 valence electrons. The van der Waals surface area contributed by atoms with E-state index in [1.807, 2.05) is 0 Å². The molecule has 0 aromatic heterocycles. The lowest BCUT2D eigenvalue weighted by atomic mass is 10.1. The highest BCUT2D eigenvalue weighted by Gasteiger charge is 2.06. The minimum atomic E-state index is -0.483. The number of hydrogen-bond acceptors (Lipinski definition) is 3. The molecule has 0 aliphatic carbocycles. The first kappa shape index (κ1) is 13.9. The lowest BCUT2D eigenvalue weighted by Crippen LogP contribution is -2.28. The molecule has 0 heterocycles. The van der Waals surface area contributed by atoms with E-state index in [-0.39, 0.29) is 12.5 Å². The van der Waals surface area contributed by atoms with Gasteiger partial charge in [0.2, 0.25) is 11.8 Å². The van der Waals surface area contributed by atoms with Gasteiger partial charge in [-0.2, -0.15) is 0 Å². The van der Waals surface area contributed by atoms with Crippen LogP contribution < -0.4 is 16.4 Å². The van der Waals surface area contributed by atoms with Gasteiger partial charge in [-0.3, -0.25) is 9.59 Å². The topological polar surface area (TPSA) is 84.2 Å². The molecule has 2 amide bonds. The Morgan fingerprint density at radius 2 is 2.17 bits per heavy atom. The van der Waals surface area contributed by atoms with Gasteiger partial charge in [0, 0.05) is 17.8 Å². The number of nitrogens with two attached hydrogens (primary N) is 1. The van der Waals surface area contributed by atoms with Crippen LogP contribution in [0, 0.1) is 6.92 Å². The summed E-state index contributed by atoms with van der Waals surface area (Å²) in [6.07, 6.45) is 1.68. The molecule has 1 aromatic carbocycles. The third-order valence-corrected chi connectivity index (χ3v) is 2.36. The molecule has 0 spiro atoms. The number of primary amides is 1. The van der Waals surface area contributed by atoms with Crippen LogP contribution in [0.15, 0.2) is 30.9 Å². The van der Waals surface area contributed by atoms with Crippen molar-refractivity contribution in [1.29, 1.82) is 0 Å². The number of rotatable bonds is 6. The van der Waals surface area contributed by atoms with Crippen LogP contribution in [0.4, 0.5) is 5.69 Å². The quantitative estimate of drug-likeness (QED) is 0.513. The van der Waals surface area contributed by atoms with Crippen LogP contribution in [0.5, 0.6) is 0 Å². The number of anilines is 1. The van der Waals surface area contributed by atoms with Gasteiger partial charge in [-0.15, -0.1) is 6.58 Å². The maximum atomic E-state index is 11.6. The lowest BCUT2D eigenvalue weighted by molar-refractivity contribution is -0.115. The fraction of sp³-hybridized carbons (Fsp3) is 0.231. The van der Waals surface area contributed by atoms with E-state index < -0.39 is 5.91 Å². The number of carbonyl (C=O) groups is 2. The van der Waals surface area contributed by atoms with Crippen molar-refractivity contribution in [2.75, 3.05) is 18.4 Å². The van der Waals surface area contributed by atoms with E-state index in [0.717, 1.165) is 5.56 Å².